The van der Waals surface area contributed by atoms with Crippen molar-refractivity contribution in [2.75, 3.05) is 33.8 Å². The Hall–Kier alpha value is -0.460. The van der Waals surface area contributed by atoms with Crippen LogP contribution in [0.1, 0.15) is 78.6 Å². The molecule has 8 atom stereocenters. The van der Waals surface area contributed by atoms with Crippen molar-refractivity contribution in [3.05, 3.63) is 11.6 Å². The van der Waals surface area contributed by atoms with E-state index in [2.05, 4.69) is 51.3 Å². The van der Waals surface area contributed by atoms with Gasteiger partial charge in [0.2, 0.25) is 0 Å². The lowest BCUT2D eigenvalue weighted by atomic mass is 9.43. The molecule has 184 valence electrons. The Labute approximate surface area is 195 Å². The highest BCUT2D eigenvalue weighted by atomic mass is 16.6. The average molecular weight is 449 g/mol. The highest BCUT2D eigenvalue weighted by Gasteiger charge is 2.66. The van der Waals surface area contributed by atoms with Crippen molar-refractivity contribution in [2.45, 2.75) is 90.3 Å². The van der Waals surface area contributed by atoms with Crippen LogP contribution in [0.15, 0.2) is 11.6 Å². The zero-order valence-corrected chi connectivity index (χ0v) is 21.2. The molecule has 5 nitrogen and oxygen atoms in total. The first-order chi connectivity index (χ1) is 15.1. The first-order valence-electron chi connectivity index (χ1n) is 13.2. The van der Waals surface area contributed by atoms with Crippen LogP contribution in [0.25, 0.3) is 0 Å². The summed E-state index contributed by atoms with van der Waals surface area (Å²) >= 11 is 0. The fourth-order valence-corrected chi connectivity index (χ4v) is 8.38. The van der Waals surface area contributed by atoms with Crippen molar-refractivity contribution < 1.29 is 15.1 Å². The third-order valence-corrected chi connectivity index (χ3v) is 10.5. The van der Waals surface area contributed by atoms with E-state index in [-0.39, 0.29) is 11.5 Å². The van der Waals surface area contributed by atoms with Crippen molar-refractivity contribution in [1.82, 2.24) is 10.4 Å². The summed E-state index contributed by atoms with van der Waals surface area (Å²) in [5.74, 6) is 2.11. The summed E-state index contributed by atoms with van der Waals surface area (Å²) in [6.07, 6.45) is 12.1. The van der Waals surface area contributed by atoms with E-state index < -0.39 is 5.60 Å². The summed E-state index contributed by atoms with van der Waals surface area (Å²) in [5.41, 5.74) is 4.15. The summed E-state index contributed by atoms with van der Waals surface area (Å²) in [5, 5.41) is 22.5. The molecule has 0 spiro atoms. The first-order valence-corrected chi connectivity index (χ1v) is 13.2. The Bertz CT molecular complexity index is 696. The minimum atomic E-state index is -0.545. The molecule has 4 saturated carbocycles. The molecule has 0 aromatic carbocycles. The number of likely N-dealkylation sites (N-methyl/N-ethyl adjacent to an activating group) is 1. The highest BCUT2D eigenvalue weighted by molar-refractivity contribution is 5.21. The summed E-state index contributed by atoms with van der Waals surface area (Å²) in [6, 6.07) is 0. The fraction of sp³-hybridized carbons (Fsp3) is 0.926. The van der Waals surface area contributed by atoms with Gasteiger partial charge in [0.05, 0.1) is 18.3 Å². The van der Waals surface area contributed by atoms with Crippen molar-refractivity contribution in [3.8, 4) is 0 Å². The van der Waals surface area contributed by atoms with Crippen LogP contribution in [-0.2, 0) is 4.84 Å². The van der Waals surface area contributed by atoms with Crippen LogP contribution in [0.4, 0.5) is 0 Å². The Kier molecular flexibility index (Phi) is 7.16. The molecule has 0 aromatic rings. The zero-order valence-electron chi connectivity index (χ0n) is 21.2. The Morgan fingerprint density at radius 2 is 1.84 bits per heavy atom. The molecule has 0 saturated heterocycles. The highest BCUT2D eigenvalue weighted by Crippen LogP contribution is 2.69. The van der Waals surface area contributed by atoms with Crippen molar-refractivity contribution in [2.24, 2.45) is 34.5 Å². The monoisotopic (exact) mass is 448 g/mol. The molecule has 32 heavy (non-hydrogen) atoms. The number of nitrogens with one attached hydrogen (secondary N) is 1. The van der Waals surface area contributed by atoms with Gasteiger partial charge in [0, 0.05) is 18.5 Å². The molecule has 0 unspecified atom stereocenters. The van der Waals surface area contributed by atoms with Gasteiger partial charge in [0.25, 0.3) is 0 Å². The van der Waals surface area contributed by atoms with Gasteiger partial charge in [-0.2, -0.15) is 5.48 Å². The van der Waals surface area contributed by atoms with E-state index in [1.807, 2.05) is 0 Å². The van der Waals surface area contributed by atoms with E-state index in [0.29, 0.717) is 35.7 Å². The predicted octanol–water partition coefficient (Wildman–Crippen LogP) is 4.15. The molecule has 4 fully saturated rings. The number of fused-ring (bicyclic) bond motifs is 5. The van der Waals surface area contributed by atoms with Crippen LogP contribution in [0.2, 0.25) is 0 Å². The standard InChI is InChI=1S/C27H48N2O3/c1-19(18-28-32-15-14-29(4)5)16-21-8-13-27(31)24-7-6-20-17-22(30)9-11-25(20,2)23(24)10-12-26(21,27)3/h16,20-24,28,30-31H,6-15,17-18H2,1-5H3/t20-,21-,22+,23+,24-,25+,26-,27+/m1/s1. The quantitative estimate of drug-likeness (QED) is 0.310. The van der Waals surface area contributed by atoms with E-state index in [1.54, 1.807) is 0 Å². The van der Waals surface area contributed by atoms with E-state index in [0.717, 1.165) is 58.0 Å². The molecule has 0 bridgehead atoms. The molecular weight excluding hydrogens is 400 g/mol. The van der Waals surface area contributed by atoms with Gasteiger partial charge < -0.3 is 20.0 Å². The predicted molar refractivity (Wildman–Crippen MR) is 129 cm³/mol. The van der Waals surface area contributed by atoms with Crippen LogP contribution in [0.3, 0.4) is 0 Å². The second kappa shape index (κ2) is 9.30. The van der Waals surface area contributed by atoms with E-state index >= 15 is 0 Å². The normalized spacial score (nSPS) is 46.6. The third kappa shape index (κ3) is 4.22. The van der Waals surface area contributed by atoms with Gasteiger partial charge in [-0.3, -0.25) is 0 Å². The van der Waals surface area contributed by atoms with Crippen molar-refractivity contribution in [3.63, 3.8) is 0 Å². The molecule has 0 heterocycles. The molecule has 4 rings (SSSR count). The number of aliphatic hydroxyl groups is 2. The minimum Gasteiger partial charge on any atom is -0.393 e. The molecule has 0 amide bonds. The summed E-state index contributed by atoms with van der Waals surface area (Å²) in [6.45, 7) is 9.39. The summed E-state index contributed by atoms with van der Waals surface area (Å²) < 4.78 is 0. The summed E-state index contributed by atoms with van der Waals surface area (Å²) in [4.78, 5) is 7.69. The van der Waals surface area contributed by atoms with E-state index in [9.17, 15) is 10.2 Å². The number of hydrogen-bond acceptors (Lipinski definition) is 5. The van der Waals surface area contributed by atoms with Crippen molar-refractivity contribution in [1.29, 1.82) is 0 Å². The van der Waals surface area contributed by atoms with Crippen LogP contribution < -0.4 is 5.48 Å². The number of nitrogens with zero attached hydrogens (tertiary/aromatic N) is 1. The van der Waals surface area contributed by atoms with Crippen LogP contribution >= 0.6 is 0 Å². The smallest absolute Gasteiger partial charge is 0.0809 e. The fourth-order valence-electron chi connectivity index (χ4n) is 8.38. The topological polar surface area (TPSA) is 65.0 Å². The lowest BCUT2D eigenvalue weighted by molar-refractivity contribution is -0.207. The molecule has 5 heteroatoms. The zero-order chi connectivity index (χ0) is 23.1. The molecule has 3 N–H and O–H groups in total. The maximum absolute atomic E-state index is 12.3. The number of hydroxylamine groups is 1. The Morgan fingerprint density at radius 1 is 1.06 bits per heavy atom. The SMILES string of the molecule is CC(=C[C@H]1CC[C@]2(O)[C@@H]3CC[C@@H]4C[C@@H](O)CC[C@]4(C)[C@H]3CC[C@]12C)CNOCCN(C)C. The van der Waals surface area contributed by atoms with Gasteiger partial charge in [-0.15, -0.1) is 0 Å². The molecular formula is C27H48N2O3. The summed E-state index contributed by atoms with van der Waals surface area (Å²) in [7, 11) is 4.10. The van der Waals surface area contributed by atoms with Crippen LogP contribution in [-0.4, -0.2) is 60.6 Å². The average Bonchev–Trinajstić information content (AvgIpc) is 2.99. The Morgan fingerprint density at radius 3 is 2.59 bits per heavy atom. The maximum Gasteiger partial charge on any atom is 0.0809 e. The number of rotatable bonds is 7. The maximum atomic E-state index is 12.3. The number of hydrogen-bond donors (Lipinski definition) is 3. The minimum absolute atomic E-state index is 0.0292. The van der Waals surface area contributed by atoms with Crippen molar-refractivity contribution >= 4 is 0 Å². The second-order valence-corrected chi connectivity index (χ2v) is 12.4. The van der Waals surface area contributed by atoms with Crippen LogP contribution in [0.5, 0.6) is 0 Å². The van der Waals surface area contributed by atoms with Gasteiger partial charge in [0.1, 0.15) is 0 Å². The van der Waals surface area contributed by atoms with E-state index in [4.69, 9.17) is 4.84 Å². The molecule has 4 aliphatic rings. The number of aliphatic hydroxyl groups excluding tert-OH is 1. The van der Waals surface area contributed by atoms with Gasteiger partial charge >= 0.3 is 0 Å². The molecule has 0 aromatic heterocycles. The first kappa shape index (κ1) is 24.7. The van der Waals surface area contributed by atoms with E-state index in [1.165, 1.54) is 18.4 Å². The van der Waals surface area contributed by atoms with Gasteiger partial charge in [-0.25, -0.2) is 0 Å². The Balaban J connectivity index is 1.43. The molecule has 0 radical (unpaired) electrons. The lowest BCUT2D eigenvalue weighted by Crippen LogP contribution is -2.62. The second-order valence-electron chi connectivity index (χ2n) is 12.4. The molecule has 0 aliphatic heterocycles. The third-order valence-electron chi connectivity index (χ3n) is 10.5. The van der Waals surface area contributed by atoms with Crippen LogP contribution in [0, 0.1) is 34.5 Å². The van der Waals surface area contributed by atoms with Gasteiger partial charge in [-0.1, -0.05) is 25.5 Å². The largest absolute Gasteiger partial charge is 0.393 e. The van der Waals surface area contributed by atoms with Gasteiger partial charge in [0.15, 0.2) is 0 Å². The molecule has 4 aliphatic carbocycles. The van der Waals surface area contributed by atoms with Gasteiger partial charge in [-0.05, 0) is 108 Å². The number of allylic oxidation sites excluding steroid dienone is 1. The lowest BCUT2D eigenvalue weighted by Gasteiger charge is -2.63.